The number of sulfonamides is 1. The fourth-order valence-corrected chi connectivity index (χ4v) is 4.67. The molecule has 5 N–H and O–H groups in total. The third-order valence-electron chi connectivity index (χ3n) is 4.60. The van der Waals surface area contributed by atoms with Crippen molar-refractivity contribution in [2.24, 2.45) is 5.73 Å². The van der Waals surface area contributed by atoms with Gasteiger partial charge in [0.2, 0.25) is 10.0 Å². The van der Waals surface area contributed by atoms with Gasteiger partial charge in [0.1, 0.15) is 16.6 Å². The van der Waals surface area contributed by atoms with Crippen LogP contribution in [0.1, 0.15) is 28.8 Å². The van der Waals surface area contributed by atoms with Crippen molar-refractivity contribution < 1.29 is 27.1 Å². The minimum absolute atomic E-state index is 0.0509. The Labute approximate surface area is 187 Å². The molecule has 11 heteroatoms. The Hall–Kier alpha value is -3.02. The molecule has 1 unspecified atom stereocenters. The zero-order valence-electron chi connectivity index (χ0n) is 17.1. The molecular formula is C21H21F2N3O4S2. The van der Waals surface area contributed by atoms with E-state index in [1.165, 1.54) is 18.2 Å². The molecule has 7 nitrogen and oxygen atoms in total. The highest BCUT2D eigenvalue weighted by molar-refractivity contribution is 7.92. The van der Waals surface area contributed by atoms with E-state index in [-0.39, 0.29) is 27.6 Å². The number of carbonyl (C=O) groups is 1. The number of hydrogen-bond acceptors (Lipinski definition) is 6. The van der Waals surface area contributed by atoms with E-state index in [2.05, 4.69) is 10.0 Å². The lowest BCUT2D eigenvalue weighted by Crippen LogP contribution is -2.11. The maximum atomic E-state index is 14.7. The van der Waals surface area contributed by atoms with Gasteiger partial charge in [0.15, 0.2) is 0 Å². The molecule has 0 fully saturated rings. The molecule has 0 bridgehead atoms. The van der Waals surface area contributed by atoms with Crippen LogP contribution in [0, 0.1) is 11.6 Å². The molecule has 0 spiro atoms. The van der Waals surface area contributed by atoms with Gasteiger partial charge in [0.25, 0.3) is 5.91 Å². The Balaban J connectivity index is 1.95. The van der Waals surface area contributed by atoms with E-state index in [9.17, 15) is 27.1 Å². The molecule has 1 heterocycles. The standard InChI is InChI=1S/C21H21F2N3O4S2/c1-11(10-27)12-7-16(22)19(17(23)8-12)18-9-15(20(24)28)21(31-18)25-13-3-5-14(6-4-13)26-32(2,29)30/h3-9,11,25-27H,10H2,1-2H3,(H2,24,28). The number of aliphatic hydroxyl groups is 1. The van der Waals surface area contributed by atoms with E-state index in [4.69, 9.17) is 5.73 Å². The van der Waals surface area contributed by atoms with Gasteiger partial charge in [-0.05, 0) is 48.0 Å². The van der Waals surface area contributed by atoms with Crippen LogP contribution >= 0.6 is 11.3 Å². The number of carbonyl (C=O) groups excluding carboxylic acids is 1. The van der Waals surface area contributed by atoms with E-state index in [1.54, 1.807) is 19.1 Å². The van der Waals surface area contributed by atoms with Gasteiger partial charge >= 0.3 is 0 Å². The summed E-state index contributed by atoms with van der Waals surface area (Å²) in [5.41, 5.74) is 6.37. The zero-order chi connectivity index (χ0) is 23.6. The Bertz CT molecular complexity index is 1240. The van der Waals surface area contributed by atoms with Gasteiger partial charge in [0.05, 0.1) is 17.4 Å². The van der Waals surface area contributed by atoms with Crippen molar-refractivity contribution in [3.8, 4) is 10.4 Å². The summed E-state index contributed by atoms with van der Waals surface area (Å²) in [6.45, 7) is 1.39. The fraction of sp³-hybridized carbons (Fsp3) is 0.190. The molecule has 32 heavy (non-hydrogen) atoms. The third kappa shape index (κ3) is 5.42. The molecule has 0 aliphatic carbocycles. The molecule has 0 aliphatic heterocycles. The normalized spacial score (nSPS) is 12.4. The van der Waals surface area contributed by atoms with Gasteiger partial charge in [-0.15, -0.1) is 11.3 Å². The number of hydrogen-bond donors (Lipinski definition) is 4. The van der Waals surface area contributed by atoms with Crippen LogP contribution in [-0.2, 0) is 10.0 Å². The van der Waals surface area contributed by atoms with Crippen molar-refractivity contribution >= 4 is 43.6 Å². The highest BCUT2D eigenvalue weighted by Gasteiger charge is 2.21. The first-order valence-corrected chi connectivity index (χ1v) is 12.1. The number of primary amides is 1. The molecule has 0 radical (unpaired) electrons. The Morgan fingerprint density at radius 3 is 2.19 bits per heavy atom. The van der Waals surface area contributed by atoms with Crippen LogP contribution in [0.3, 0.4) is 0 Å². The maximum absolute atomic E-state index is 14.7. The van der Waals surface area contributed by atoms with Crippen molar-refractivity contribution in [1.82, 2.24) is 0 Å². The van der Waals surface area contributed by atoms with Crippen LogP contribution in [0.2, 0.25) is 0 Å². The van der Waals surface area contributed by atoms with Crippen LogP contribution in [0.4, 0.5) is 25.2 Å². The van der Waals surface area contributed by atoms with E-state index >= 15 is 0 Å². The van der Waals surface area contributed by atoms with Crippen LogP contribution in [0.5, 0.6) is 0 Å². The predicted octanol–water partition coefficient (Wildman–Crippen LogP) is 4.00. The number of rotatable bonds is 8. The average molecular weight is 482 g/mol. The summed E-state index contributed by atoms with van der Waals surface area (Å²) in [6, 6.07) is 9.80. The number of thiophene rings is 1. The number of anilines is 3. The second kappa shape index (κ2) is 9.23. The summed E-state index contributed by atoms with van der Waals surface area (Å²) in [7, 11) is -3.43. The summed E-state index contributed by atoms with van der Waals surface area (Å²) >= 11 is 0.945. The van der Waals surface area contributed by atoms with E-state index < -0.39 is 33.5 Å². The molecule has 0 saturated carbocycles. The number of halogens is 2. The lowest BCUT2D eigenvalue weighted by atomic mass is 9.99. The molecule has 1 atom stereocenters. The summed E-state index contributed by atoms with van der Waals surface area (Å²) < 4.78 is 54.4. The zero-order valence-corrected chi connectivity index (χ0v) is 18.8. The molecule has 3 aromatic rings. The second-order valence-electron chi connectivity index (χ2n) is 7.24. The number of amides is 1. The first-order valence-electron chi connectivity index (χ1n) is 9.37. The lowest BCUT2D eigenvalue weighted by Gasteiger charge is -2.11. The number of nitrogens with one attached hydrogen (secondary N) is 2. The van der Waals surface area contributed by atoms with E-state index in [1.807, 2.05) is 0 Å². The smallest absolute Gasteiger partial charge is 0.251 e. The predicted molar refractivity (Wildman–Crippen MR) is 122 cm³/mol. The fourth-order valence-electron chi connectivity index (χ4n) is 2.97. The molecule has 2 aromatic carbocycles. The van der Waals surface area contributed by atoms with Crippen molar-refractivity contribution in [1.29, 1.82) is 0 Å². The topological polar surface area (TPSA) is 122 Å². The van der Waals surface area contributed by atoms with Crippen molar-refractivity contribution in [3.05, 3.63) is 65.2 Å². The van der Waals surface area contributed by atoms with Crippen molar-refractivity contribution in [2.45, 2.75) is 12.8 Å². The van der Waals surface area contributed by atoms with Crippen molar-refractivity contribution in [2.75, 3.05) is 22.9 Å². The Kier molecular flexibility index (Phi) is 6.82. The highest BCUT2D eigenvalue weighted by atomic mass is 32.2. The highest BCUT2D eigenvalue weighted by Crippen LogP contribution is 2.40. The first kappa shape index (κ1) is 23.6. The van der Waals surface area contributed by atoms with E-state index in [0.717, 1.165) is 29.7 Å². The summed E-state index contributed by atoms with van der Waals surface area (Å²) in [4.78, 5) is 12.1. The Morgan fingerprint density at radius 2 is 1.69 bits per heavy atom. The maximum Gasteiger partial charge on any atom is 0.251 e. The minimum atomic E-state index is -3.43. The van der Waals surface area contributed by atoms with Gasteiger partial charge in [0, 0.05) is 28.8 Å². The molecule has 0 aliphatic rings. The first-order chi connectivity index (χ1) is 15.0. The van der Waals surface area contributed by atoms with Gasteiger partial charge in [-0.2, -0.15) is 0 Å². The largest absolute Gasteiger partial charge is 0.396 e. The van der Waals surface area contributed by atoms with Crippen LogP contribution < -0.4 is 15.8 Å². The monoisotopic (exact) mass is 481 g/mol. The molecule has 1 aromatic heterocycles. The van der Waals surface area contributed by atoms with Gasteiger partial charge < -0.3 is 16.2 Å². The molecule has 1 amide bonds. The summed E-state index contributed by atoms with van der Waals surface area (Å²) in [5, 5.41) is 12.5. The van der Waals surface area contributed by atoms with Crippen LogP contribution in [0.25, 0.3) is 10.4 Å². The molecule has 3 rings (SSSR count). The molecule has 170 valence electrons. The van der Waals surface area contributed by atoms with E-state index in [0.29, 0.717) is 16.9 Å². The summed E-state index contributed by atoms with van der Waals surface area (Å²) in [5.74, 6) is -2.85. The molecular weight excluding hydrogens is 460 g/mol. The SMILES string of the molecule is CC(CO)c1cc(F)c(-c2cc(C(N)=O)c(Nc3ccc(NS(C)(=O)=O)cc3)s2)c(F)c1. The van der Waals surface area contributed by atoms with Crippen LogP contribution in [0.15, 0.2) is 42.5 Å². The minimum Gasteiger partial charge on any atom is -0.396 e. The van der Waals surface area contributed by atoms with Gasteiger partial charge in [-0.25, -0.2) is 17.2 Å². The number of aliphatic hydroxyl groups excluding tert-OH is 1. The third-order valence-corrected chi connectivity index (χ3v) is 6.27. The molecule has 0 saturated heterocycles. The van der Waals surface area contributed by atoms with Gasteiger partial charge in [-0.1, -0.05) is 6.92 Å². The number of nitrogens with two attached hydrogens (primary N) is 1. The lowest BCUT2D eigenvalue weighted by molar-refractivity contribution is 0.100. The van der Waals surface area contributed by atoms with Crippen molar-refractivity contribution in [3.63, 3.8) is 0 Å². The Morgan fingerprint density at radius 1 is 1.12 bits per heavy atom. The quantitative estimate of drug-likeness (QED) is 0.387. The number of benzene rings is 2. The second-order valence-corrected chi connectivity index (χ2v) is 10.0. The van der Waals surface area contributed by atoms with Crippen LogP contribution in [-0.4, -0.2) is 32.3 Å². The summed E-state index contributed by atoms with van der Waals surface area (Å²) in [6.07, 6.45) is 1.03. The van der Waals surface area contributed by atoms with Gasteiger partial charge in [-0.3, -0.25) is 9.52 Å². The average Bonchev–Trinajstić information content (AvgIpc) is 3.10.